The van der Waals surface area contributed by atoms with Crippen LogP contribution in [0.4, 0.5) is 0 Å². The zero-order valence-electron chi connectivity index (χ0n) is 12.0. The second-order valence-corrected chi connectivity index (χ2v) is 5.44. The number of nitrogens with zero attached hydrogens (tertiary/aromatic N) is 1. The molecule has 2 unspecified atom stereocenters. The molecule has 2 rings (SSSR count). The lowest BCUT2D eigenvalue weighted by atomic mass is 9.89. The highest BCUT2D eigenvalue weighted by atomic mass is 16.6. The van der Waals surface area contributed by atoms with Crippen LogP contribution in [0.5, 0.6) is 0 Å². The molecule has 0 aromatic heterocycles. The fourth-order valence-corrected chi connectivity index (χ4v) is 3.11. The van der Waals surface area contributed by atoms with Gasteiger partial charge in [0.15, 0.2) is 0 Å². The van der Waals surface area contributed by atoms with Gasteiger partial charge in [-0.1, -0.05) is 6.92 Å². The van der Waals surface area contributed by atoms with E-state index in [0.717, 1.165) is 52.2 Å². The highest BCUT2D eigenvalue weighted by molar-refractivity contribution is 5.69. The van der Waals surface area contributed by atoms with E-state index in [2.05, 4.69) is 11.8 Å². The van der Waals surface area contributed by atoms with Gasteiger partial charge in [-0.15, -0.1) is 0 Å². The minimum absolute atomic E-state index is 0.0679. The van der Waals surface area contributed by atoms with Crippen LogP contribution in [-0.2, 0) is 19.0 Å². The molecule has 0 bridgehead atoms. The van der Waals surface area contributed by atoms with Crippen LogP contribution < -0.4 is 0 Å². The summed E-state index contributed by atoms with van der Waals surface area (Å²) in [6, 6.07) is 0.491. The van der Waals surface area contributed by atoms with E-state index in [1.54, 1.807) is 0 Å². The van der Waals surface area contributed by atoms with E-state index in [0.29, 0.717) is 12.5 Å². The number of hydrogen-bond acceptors (Lipinski definition) is 5. The predicted molar refractivity (Wildman–Crippen MR) is 71.0 cm³/mol. The first-order valence-electron chi connectivity index (χ1n) is 7.22. The van der Waals surface area contributed by atoms with Crippen molar-refractivity contribution in [3.05, 3.63) is 0 Å². The van der Waals surface area contributed by atoms with Crippen molar-refractivity contribution < 1.29 is 19.0 Å². The Hall–Kier alpha value is -0.650. The van der Waals surface area contributed by atoms with Crippen molar-refractivity contribution in [2.45, 2.75) is 44.2 Å². The first-order valence-corrected chi connectivity index (χ1v) is 7.22. The first-order chi connectivity index (χ1) is 9.19. The fraction of sp³-hybridized carbons (Fsp3) is 0.929. The molecule has 0 saturated carbocycles. The van der Waals surface area contributed by atoms with Crippen molar-refractivity contribution in [2.75, 3.05) is 40.0 Å². The van der Waals surface area contributed by atoms with Gasteiger partial charge < -0.3 is 14.2 Å². The van der Waals surface area contributed by atoms with Gasteiger partial charge in [0.2, 0.25) is 0 Å². The Labute approximate surface area is 115 Å². The summed E-state index contributed by atoms with van der Waals surface area (Å²) in [7, 11) is 1.44. The van der Waals surface area contributed by atoms with Gasteiger partial charge in [-0.2, -0.15) is 0 Å². The van der Waals surface area contributed by atoms with Gasteiger partial charge in [0.25, 0.3) is 0 Å². The van der Waals surface area contributed by atoms with Crippen LogP contribution in [0.3, 0.4) is 0 Å². The Bertz CT molecular complexity index is 302. The quantitative estimate of drug-likeness (QED) is 0.703. The van der Waals surface area contributed by atoms with Gasteiger partial charge in [-0.3, -0.25) is 9.69 Å². The summed E-state index contributed by atoms with van der Waals surface area (Å²) in [6.45, 7) is 6.19. The van der Waals surface area contributed by atoms with Gasteiger partial charge in [0.1, 0.15) is 0 Å². The lowest BCUT2D eigenvalue weighted by molar-refractivity contribution is -0.141. The number of esters is 1. The van der Waals surface area contributed by atoms with Gasteiger partial charge in [0, 0.05) is 32.2 Å². The van der Waals surface area contributed by atoms with E-state index < -0.39 is 0 Å². The third kappa shape index (κ3) is 3.68. The average molecular weight is 271 g/mol. The Morgan fingerprint density at radius 1 is 1.47 bits per heavy atom. The summed E-state index contributed by atoms with van der Waals surface area (Å²) >= 11 is 0. The summed E-state index contributed by atoms with van der Waals surface area (Å²) < 4.78 is 16.2. The molecule has 0 amide bonds. The van der Waals surface area contributed by atoms with E-state index in [1.807, 2.05) is 0 Å². The van der Waals surface area contributed by atoms with E-state index in [-0.39, 0.29) is 11.6 Å². The first kappa shape index (κ1) is 14.8. The van der Waals surface area contributed by atoms with Crippen LogP contribution in [0, 0.1) is 0 Å². The molecule has 5 heteroatoms. The molecule has 0 radical (unpaired) electrons. The summed E-state index contributed by atoms with van der Waals surface area (Å²) in [5, 5.41) is 0. The maximum Gasteiger partial charge on any atom is 0.306 e. The van der Waals surface area contributed by atoms with Crippen LogP contribution in [0.15, 0.2) is 0 Å². The molecule has 5 nitrogen and oxygen atoms in total. The SMILES string of the molecule is CCN(CCC(=O)OC)C1CCOC2(CCOC2)C1. The topological polar surface area (TPSA) is 48.0 Å². The molecule has 0 aromatic carbocycles. The third-order valence-electron chi connectivity index (χ3n) is 4.29. The summed E-state index contributed by atoms with van der Waals surface area (Å²) in [6.07, 6.45) is 3.52. The van der Waals surface area contributed by atoms with Crippen LogP contribution in [0.2, 0.25) is 0 Å². The molecule has 0 aliphatic carbocycles. The van der Waals surface area contributed by atoms with E-state index in [9.17, 15) is 4.79 Å². The molecule has 0 aromatic rings. The lowest BCUT2D eigenvalue weighted by Gasteiger charge is -2.41. The second kappa shape index (κ2) is 6.68. The van der Waals surface area contributed by atoms with Gasteiger partial charge in [0.05, 0.1) is 25.7 Å². The van der Waals surface area contributed by atoms with Crippen LogP contribution in [-0.4, -0.2) is 62.5 Å². The Morgan fingerprint density at radius 2 is 2.32 bits per heavy atom. The van der Waals surface area contributed by atoms with Gasteiger partial charge in [-0.25, -0.2) is 0 Å². The summed E-state index contributed by atoms with van der Waals surface area (Å²) in [5.74, 6) is -0.135. The van der Waals surface area contributed by atoms with Crippen molar-refractivity contribution in [3.63, 3.8) is 0 Å². The number of hydrogen-bond donors (Lipinski definition) is 0. The number of ether oxygens (including phenoxy) is 3. The molecule has 2 saturated heterocycles. The molecule has 19 heavy (non-hydrogen) atoms. The highest BCUT2D eigenvalue weighted by Crippen LogP contribution is 2.34. The Morgan fingerprint density at radius 3 is 2.95 bits per heavy atom. The smallest absolute Gasteiger partial charge is 0.306 e. The zero-order chi connectivity index (χ0) is 13.7. The molecule has 2 atom stereocenters. The molecule has 0 N–H and O–H groups in total. The zero-order valence-corrected chi connectivity index (χ0v) is 12.0. The van der Waals surface area contributed by atoms with E-state index in [1.165, 1.54) is 7.11 Å². The fourth-order valence-electron chi connectivity index (χ4n) is 3.11. The molecule has 1 spiro atoms. The van der Waals surface area contributed by atoms with Crippen molar-refractivity contribution in [1.82, 2.24) is 4.90 Å². The Kier molecular flexibility index (Phi) is 5.19. The number of carbonyl (C=O) groups is 1. The summed E-state index contributed by atoms with van der Waals surface area (Å²) in [4.78, 5) is 13.6. The Balaban J connectivity index is 1.88. The molecule has 2 heterocycles. The summed E-state index contributed by atoms with van der Waals surface area (Å²) in [5.41, 5.74) is -0.0679. The lowest BCUT2D eigenvalue weighted by Crippen LogP contribution is -2.49. The molecule has 2 aliphatic heterocycles. The van der Waals surface area contributed by atoms with Crippen molar-refractivity contribution in [2.24, 2.45) is 0 Å². The maximum absolute atomic E-state index is 11.3. The van der Waals surface area contributed by atoms with Gasteiger partial charge in [-0.05, 0) is 19.4 Å². The molecule has 2 fully saturated rings. The minimum Gasteiger partial charge on any atom is -0.469 e. The van der Waals surface area contributed by atoms with Crippen molar-refractivity contribution in [1.29, 1.82) is 0 Å². The minimum atomic E-state index is -0.135. The largest absolute Gasteiger partial charge is 0.469 e. The van der Waals surface area contributed by atoms with Crippen LogP contribution in [0.25, 0.3) is 0 Å². The van der Waals surface area contributed by atoms with Gasteiger partial charge >= 0.3 is 5.97 Å². The van der Waals surface area contributed by atoms with Crippen molar-refractivity contribution in [3.8, 4) is 0 Å². The highest BCUT2D eigenvalue weighted by Gasteiger charge is 2.42. The second-order valence-electron chi connectivity index (χ2n) is 5.44. The van der Waals surface area contributed by atoms with Crippen LogP contribution >= 0.6 is 0 Å². The number of rotatable bonds is 5. The number of methoxy groups -OCH3 is 1. The average Bonchev–Trinajstić information content (AvgIpc) is 2.87. The molecule has 110 valence electrons. The van der Waals surface area contributed by atoms with Crippen molar-refractivity contribution >= 4 is 5.97 Å². The molecule has 2 aliphatic rings. The predicted octanol–water partition coefficient (Wildman–Crippen LogP) is 1.21. The van der Waals surface area contributed by atoms with E-state index in [4.69, 9.17) is 14.2 Å². The monoisotopic (exact) mass is 271 g/mol. The van der Waals surface area contributed by atoms with Crippen LogP contribution in [0.1, 0.15) is 32.6 Å². The number of carbonyl (C=O) groups excluding carboxylic acids is 1. The third-order valence-corrected chi connectivity index (χ3v) is 4.29. The van der Waals surface area contributed by atoms with E-state index >= 15 is 0 Å². The molecular formula is C14H25NO4. The standard InChI is InChI=1S/C14H25NO4/c1-3-15(7-4-13(16)17-2)12-5-8-19-14(10-12)6-9-18-11-14/h12H,3-11H2,1-2H3. The normalized spacial score (nSPS) is 31.0. The molecular weight excluding hydrogens is 246 g/mol. The maximum atomic E-state index is 11.3.